The maximum absolute atomic E-state index is 12.7. The zero-order chi connectivity index (χ0) is 10.9. The van der Waals surface area contributed by atoms with Crippen LogP contribution in [0.15, 0.2) is 24.3 Å². The average Bonchev–Trinajstić information content (AvgIpc) is 2.69. The number of rotatable bonds is 2. The van der Waals surface area contributed by atoms with Crippen molar-refractivity contribution < 1.29 is 14.3 Å². The molecule has 1 atom stereocenters. The van der Waals surface area contributed by atoms with E-state index in [0.29, 0.717) is 18.5 Å². The molecule has 1 aliphatic rings. The van der Waals surface area contributed by atoms with Crippen molar-refractivity contribution in [3.63, 3.8) is 0 Å². The minimum absolute atomic E-state index is 0.350. The molecular formula is C11H12FNO2. The molecule has 0 amide bonds. The number of carboxylic acid groups (broad SMARTS) is 1. The second kappa shape index (κ2) is 3.62. The van der Waals surface area contributed by atoms with Gasteiger partial charge in [0.05, 0.1) is 0 Å². The van der Waals surface area contributed by atoms with E-state index in [9.17, 15) is 14.3 Å². The number of halogens is 1. The first-order valence-electron chi connectivity index (χ1n) is 4.90. The van der Waals surface area contributed by atoms with E-state index in [1.807, 2.05) is 0 Å². The summed E-state index contributed by atoms with van der Waals surface area (Å²) >= 11 is 0. The Kier molecular flexibility index (Phi) is 2.44. The highest BCUT2D eigenvalue weighted by molar-refractivity contribution is 5.81. The number of hydrogen-bond acceptors (Lipinski definition) is 2. The van der Waals surface area contributed by atoms with Crippen LogP contribution in [0.5, 0.6) is 0 Å². The van der Waals surface area contributed by atoms with Crippen molar-refractivity contribution in [3.05, 3.63) is 35.6 Å². The van der Waals surface area contributed by atoms with E-state index in [0.717, 1.165) is 6.42 Å². The van der Waals surface area contributed by atoms with Crippen molar-refractivity contribution in [2.45, 2.75) is 18.4 Å². The third-order valence-electron chi connectivity index (χ3n) is 2.86. The number of hydrogen-bond donors (Lipinski definition) is 2. The minimum Gasteiger partial charge on any atom is -0.480 e. The van der Waals surface area contributed by atoms with Gasteiger partial charge in [0.25, 0.3) is 0 Å². The van der Waals surface area contributed by atoms with Crippen molar-refractivity contribution in [2.24, 2.45) is 0 Å². The van der Waals surface area contributed by atoms with E-state index < -0.39 is 11.5 Å². The lowest BCUT2D eigenvalue weighted by atomic mass is 9.88. The normalized spacial score (nSPS) is 25.4. The fourth-order valence-electron chi connectivity index (χ4n) is 2.03. The fourth-order valence-corrected chi connectivity index (χ4v) is 2.03. The zero-order valence-electron chi connectivity index (χ0n) is 8.16. The molecule has 0 aromatic heterocycles. The summed E-state index contributed by atoms with van der Waals surface area (Å²) in [5.74, 6) is -1.25. The van der Waals surface area contributed by atoms with Crippen LogP contribution in [-0.4, -0.2) is 17.6 Å². The summed E-state index contributed by atoms with van der Waals surface area (Å²) in [5, 5.41) is 12.2. The van der Waals surface area contributed by atoms with E-state index in [1.54, 1.807) is 0 Å². The lowest BCUT2D eigenvalue weighted by Gasteiger charge is -2.24. The molecule has 0 aliphatic carbocycles. The van der Waals surface area contributed by atoms with Gasteiger partial charge in [-0.05, 0) is 37.1 Å². The van der Waals surface area contributed by atoms with Gasteiger partial charge in [0, 0.05) is 0 Å². The highest BCUT2D eigenvalue weighted by atomic mass is 19.1. The SMILES string of the molecule is O=C(O)C1(c2ccc(F)cc2)CCCN1. The Bertz CT molecular complexity index is 369. The summed E-state index contributed by atoms with van der Waals surface area (Å²) in [5.41, 5.74) is -0.401. The molecule has 4 heteroatoms. The predicted molar refractivity (Wildman–Crippen MR) is 53.0 cm³/mol. The number of carboxylic acids is 1. The molecule has 1 aliphatic heterocycles. The lowest BCUT2D eigenvalue weighted by molar-refractivity contribution is -0.144. The van der Waals surface area contributed by atoms with Gasteiger partial charge in [0.2, 0.25) is 0 Å². The van der Waals surface area contributed by atoms with E-state index in [1.165, 1.54) is 24.3 Å². The molecular weight excluding hydrogens is 197 g/mol. The van der Waals surface area contributed by atoms with E-state index in [4.69, 9.17) is 0 Å². The molecule has 2 N–H and O–H groups in total. The molecule has 0 saturated carbocycles. The topological polar surface area (TPSA) is 49.3 Å². The van der Waals surface area contributed by atoms with Crippen LogP contribution in [0.2, 0.25) is 0 Å². The van der Waals surface area contributed by atoms with Crippen LogP contribution >= 0.6 is 0 Å². The molecule has 0 radical (unpaired) electrons. The van der Waals surface area contributed by atoms with Crippen LogP contribution in [0.4, 0.5) is 4.39 Å². The summed E-state index contributed by atoms with van der Waals surface area (Å²) in [7, 11) is 0. The fraction of sp³-hybridized carbons (Fsp3) is 0.364. The molecule has 15 heavy (non-hydrogen) atoms. The first-order valence-corrected chi connectivity index (χ1v) is 4.90. The van der Waals surface area contributed by atoms with Gasteiger partial charge in [-0.15, -0.1) is 0 Å². The molecule has 1 saturated heterocycles. The second-order valence-corrected chi connectivity index (χ2v) is 3.75. The Balaban J connectivity index is 2.41. The summed E-state index contributed by atoms with van der Waals surface area (Å²) in [6.45, 7) is 0.684. The maximum atomic E-state index is 12.7. The Morgan fingerprint density at radius 1 is 1.40 bits per heavy atom. The van der Waals surface area contributed by atoms with Crippen molar-refractivity contribution >= 4 is 5.97 Å². The number of aliphatic carboxylic acids is 1. The Morgan fingerprint density at radius 2 is 2.07 bits per heavy atom. The van der Waals surface area contributed by atoms with Gasteiger partial charge in [-0.2, -0.15) is 0 Å². The summed E-state index contributed by atoms with van der Waals surface area (Å²) < 4.78 is 12.7. The van der Waals surface area contributed by atoms with E-state index in [2.05, 4.69) is 5.32 Å². The van der Waals surface area contributed by atoms with Gasteiger partial charge in [-0.3, -0.25) is 5.32 Å². The Morgan fingerprint density at radius 3 is 2.53 bits per heavy atom. The first kappa shape index (κ1) is 10.1. The van der Waals surface area contributed by atoms with Gasteiger partial charge in [-0.1, -0.05) is 12.1 Å². The highest BCUT2D eigenvalue weighted by Crippen LogP contribution is 2.31. The molecule has 0 bridgehead atoms. The van der Waals surface area contributed by atoms with Gasteiger partial charge < -0.3 is 5.11 Å². The highest BCUT2D eigenvalue weighted by Gasteiger charge is 2.42. The minimum atomic E-state index is -1.02. The Hall–Kier alpha value is -1.42. The van der Waals surface area contributed by atoms with Crippen LogP contribution < -0.4 is 5.32 Å². The summed E-state index contributed by atoms with van der Waals surface area (Å²) in [6, 6.07) is 5.64. The average molecular weight is 209 g/mol. The molecule has 3 nitrogen and oxygen atoms in total. The quantitative estimate of drug-likeness (QED) is 0.775. The number of nitrogens with one attached hydrogen (secondary N) is 1. The van der Waals surface area contributed by atoms with Crippen LogP contribution in [0, 0.1) is 5.82 Å². The van der Waals surface area contributed by atoms with Gasteiger partial charge in [0.15, 0.2) is 0 Å². The summed E-state index contributed by atoms with van der Waals surface area (Å²) in [6.07, 6.45) is 1.37. The summed E-state index contributed by atoms with van der Waals surface area (Å²) in [4.78, 5) is 11.3. The molecule has 1 aromatic rings. The van der Waals surface area contributed by atoms with Crippen molar-refractivity contribution in [3.8, 4) is 0 Å². The smallest absolute Gasteiger partial charge is 0.328 e. The van der Waals surface area contributed by atoms with Crippen LogP contribution in [-0.2, 0) is 10.3 Å². The standard InChI is InChI=1S/C11H12FNO2/c12-9-4-2-8(3-5-9)11(10(14)15)6-1-7-13-11/h2-5,13H,1,6-7H2,(H,14,15). The van der Waals surface area contributed by atoms with Crippen molar-refractivity contribution in [2.75, 3.05) is 6.54 Å². The third-order valence-corrected chi connectivity index (χ3v) is 2.86. The van der Waals surface area contributed by atoms with Gasteiger partial charge in [-0.25, -0.2) is 9.18 Å². The van der Waals surface area contributed by atoms with Crippen molar-refractivity contribution in [1.82, 2.24) is 5.32 Å². The third kappa shape index (κ3) is 1.61. The zero-order valence-corrected chi connectivity index (χ0v) is 8.16. The van der Waals surface area contributed by atoms with Gasteiger partial charge >= 0.3 is 5.97 Å². The first-order chi connectivity index (χ1) is 7.15. The molecule has 0 spiro atoms. The van der Waals surface area contributed by atoms with E-state index >= 15 is 0 Å². The Labute approximate surface area is 86.9 Å². The van der Waals surface area contributed by atoms with Crippen LogP contribution in [0.25, 0.3) is 0 Å². The number of carbonyl (C=O) groups is 1. The molecule has 1 unspecified atom stereocenters. The van der Waals surface area contributed by atoms with Crippen LogP contribution in [0.3, 0.4) is 0 Å². The molecule has 1 aromatic carbocycles. The van der Waals surface area contributed by atoms with Crippen LogP contribution in [0.1, 0.15) is 18.4 Å². The predicted octanol–water partition coefficient (Wildman–Crippen LogP) is 1.49. The molecule has 1 heterocycles. The van der Waals surface area contributed by atoms with Crippen molar-refractivity contribution in [1.29, 1.82) is 0 Å². The lowest BCUT2D eigenvalue weighted by Crippen LogP contribution is -2.44. The largest absolute Gasteiger partial charge is 0.480 e. The number of benzene rings is 1. The molecule has 80 valence electrons. The molecule has 1 fully saturated rings. The second-order valence-electron chi connectivity index (χ2n) is 3.75. The maximum Gasteiger partial charge on any atom is 0.328 e. The van der Waals surface area contributed by atoms with E-state index in [-0.39, 0.29) is 5.82 Å². The molecule has 2 rings (SSSR count). The van der Waals surface area contributed by atoms with Gasteiger partial charge in [0.1, 0.15) is 11.4 Å². The monoisotopic (exact) mass is 209 g/mol.